The largest absolute Gasteiger partial charge is 0.395 e. The Labute approximate surface area is 132 Å². The number of hydrogen-bond donors (Lipinski definition) is 3. The van der Waals surface area contributed by atoms with E-state index in [1.165, 1.54) is 31.5 Å². The topological polar surface area (TPSA) is 64.6 Å². The standard InChI is InChI=1S/C17H27N3O2/c1-14-5-8-20(9-6-14)13-16-4-2-3-15(11-16)12-19-17(22)18-7-10-21/h2-4,11,14,21H,5-10,12-13H2,1H3,(H2,18,19,22). The van der Waals surface area contributed by atoms with E-state index in [-0.39, 0.29) is 19.2 Å². The fourth-order valence-corrected chi connectivity index (χ4v) is 2.73. The summed E-state index contributed by atoms with van der Waals surface area (Å²) in [5.74, 6) is 0.851. The van der Waals surface area contributed by atoms with Crippen molar-refractivity contribution in [2.45, 2.75) is 32.9 Å². The Kier molecular flexibility index (Phi) is 6.68. The molecule has 1 aromatic carbocycles. The molecule has 3 N–H and O–H groups in total. The lowest BCUT2D eigenvalue weighted by Gasteiger charge is -2.30. The van der Waals surface area contributed by atoms with Crippen LogP contribution < -0.4 is 10.6 Å². The number of carbonyl (C=O) groups excluding carboxylic acids is 1. The van der Waals surface area contributed by atoms with Crippen LogP contribution in [0.2, 0.25) is 0 Å². The molecule has 0 aliphatic carbocycles. The highest BCUT2D eigenvalue weighted by Crippen LogP contribution is 2.18. The first kappa shape index (κ1) is 16.8. The van der Waals surface area contributed by atoms with E-state index in [4.69, 9.17) is 5.11 Å². The fraction of sp³-hybridized carbons (Fsp3) is 0.588. The summed E-state index contributed by atoms with van der Waals surface area (Å²) < 4.78 is 0. The van der Waals surface area contributed by atoms with Crippen LogP contribution in [-0.2, 0) is 13.1 Å². The summed E-state index contributed by atoms with van der Waals surface area (Å²) in [5, 5.41) is 14.0. The maximum Gasteiger partial charge on any atom is 0.315 e. The zero-order valence-corrected chi connectivity index (χ0v) is 13.3. The van der Waals surface area contributed by atoms with E-state index in [1.54, 1.807) is 0 Å². The molecule has 2 amide bonds. The molecule has 1 aliphatic rings. The molecule has 1 heterocycles. The third kappa shape index (κ3) is 5.66. The highest BCUT2D eigenvalue weighted by Gasteiger charge is 2.15. The van der Waals surface area contributed by atoms with Crippen LogP contribution in [0.1, 0.15) is 30.9 Å². The van der Waals surface area contributed by atoms with Crippen molar-refractivity contribution in [3.8, 4) is 0 Å². The molecule has 0 unspecified atom stereocenters. The average molecular weight is 305 g/mol. The molecule has 0 spiro atoms. The quantitative estimate of drug-likeness (QED) is 0.750. The highest BCUT2D eigenvalue weighted by atomic mass is 16.3. The molecule has 1 saturated heterocycles. The summed E-state index contributed by atoms with van der Waals surface area (Å²) in [6.07, 6.45) is 2.57. The average Bonchev–Trinajstić information content (AvgIpc) is 2.53. The van der Waals surface area contributed by atoms with Gasteiger partial charge in [-0.25, -0.2) is 4.79 Å². The van der Waals surface area contributed by atoms with Gasteiger partial charge in [-0.1, -0.05) is 31.2 Å². The van der Waals surface area contributed by atoms with Gasteiger partial charge in [-0.2, -0.15) is 0 Å². The molecule has 0 bridgehead atoms. The molecule has 0 atom stereocenters. The maximum atomic E-state index is 11.5. The van der Waals surface area contributed by atoms with E-state index in [9.17, 15) is 4.79 Å². The Balaban J connectivity index is 1.80. The molecule has 0 aromatic heterocycles. The molecule has 0 radical (unpaired) electrons. The van der Waals surface area contributed by atoms with Crippen molar-refractivity contribution >= 4 is 6.03 Å². The van der Waals surface area contributed by atoms with Crippen LogP contribution in [0.4, 0.5) is 4.79 Å². The number of aliphatic hydroxyl groups is 1. The molecule has 5 heteroatoms. The first-order valence-electron chi connectivity index (χ1n) is 8.10. The van der Waals surface area contributed by atoms with Gasteiger partial charge in [-0.05, 0) is 43.0 Å². The fourth-order valence-electron chi connectivity index (χ4n) is 2.73. The zero-order chi connectivity index (χ0) is 15.8. The van der Waals surface area contributed by atoms with E-state index < -0.39 is 0 Å². The molecular formula is C17H27N3O2. The molecule has 1 fully saturated rings. The van der Waals surface area contributed by atoms with Crippen molar-refractivity contribution in [2.24, 2.45) is 5.92 Å². The minimum absolute atomic E-state index is 0.0443. The third-order valence-corrected chi connectivity index (χ3v) is 4.12. The number of nitrogens with one attached hydrogen (secondary N) is 2. The molecule has 2 rings (SSSR count). The normalized spacial score (nSPS) is 16.5. The second-order valence-corrected chi connectivity index (χ2v) is 6.11. The van der Waals surface area contributed by atoms with Crippen LogP contribution >= 0.6 is 0 Å². The van der Waals surface area contributed by atoms with E-state index in [1.807, 2.05) is 12.1 Å². The lowest BCUT2D eigenvalue weighted by atomic mass is 9.98. The number of hydrogen-bond acceptors (Lipinski definition) is 3. The monoisotopic (exact) mass is 305 g/mol. The van der Waals surface area contributed by atoms with E-state index in [0.29, 0.717) is 6.54 Å². The Hall–Kier alpha value is -1.59. The van der Waals surface area contributed by atoms with Gasteiger partial charge < -0.3 is 15.7 Å². The summed E-state index contributed by atoms with van der Waals surface area (Å²) in [6.45, 7) is 6.39. The summed E-state index contributed by atoms with van der Waals surface area (Å²) in [4.78, 5) is 14.0. The van der Waals surface area contributed by atoms with Gasteiger partial charge in [0.05, 0.1) is 6.61 Å². The van der Waals surface area contributed by atoms with Gasteiger partial charge in [0.1, 0.15) is 0 Å². The number of amides is 2. The molecule has 0 saturated carbocycles. The maximum absolute atomic E-state index is 11.5. The minimum Gasteiger partial charge on any atom is -0.395 e. The number of nitrogens with zero attached hydrogens (tertiary/aromatic N) is 1. The minimum atomic E-state index is -0.246. The summed E-state index contributed by atoms with van der Waals surface area (Å²) in [5.41, 5.74) is 2.40. The first-order chi connectivity index (χ1) is 10.7. The lowest BCUT2D eigenvalue weighted by molar-refractivity contribution is 0.185. The Morgan fingerprint density at radius 1 is 1.27 bits per heavy atom. The second-order valence-electron chi connectivity index (χ2n) is 6.11. The number of urea groups is 1. The zero-order valence-electron chi connectivity index (χ0n) is 13.3. The Morgan fingerprint density at radius 2 is 2.00 bits per heavy atom. The van der Waals surface area contributed by atoms with E-state index in [2.05, 4.69) is 34.6 Å². The van der Waals surface area contributed by atoms with Crippen molar-refractivity contribution in [3.63, 3.8) is 0 Å². The highest BCUT2D eigenvalue weighted by molar-refractivity contribution is 5.73. The molecule has 122 valence electrons. The van der Waals surface area contributed by atoms with Crippen molar-refractivity contribution in [1.82, 2.24) is 15.5 Å². The summed E-state index contributed by atoms with van der Waals surface area (Å²) >= 11 is 0. The van der Waals surface area contributed by atoms with Gasteiger partial charge in [0.15, 0.2) is 0 Å². The molecule has 1 aliphatic heterocycles. The molecule has 22 heavy (non-hydrogen) atoms. The predicted octanol–water partition coefficient (Wildman–Crippen LogP) is 1.71. The number of piperidine rings is 1. The number of rotatable bonds is 6. The molecule has 5 nitrogen and oxygen atoms in total. The van der Waals surface area contributed by atoms with Gasteiger partial charge in [0.2, 0.25) is 0 Å². The van der Waals surface area contributed by atoms with Crippen molar-refractivity contribution in [3.05, 3.63) is 35.4 Å². The number of likely N-dealkylation sites (tertiary alicyclic amines) is 1. The van der Waals surface area contributed by atoms with Gasteiger partial charge >= 0.3 is 6.03 Å². The number of aliphatic hydroxyl groups excluding tert-OH is 1. The Morgan fingerprint density at radius 3 is 2.73 bits per heavy atom. The van der Waals surface area contributed by atoms with Gasteiger partial charge in [0, 0.05) is 19.6 Å². The Bertz CT molecular complexity index is 471. The molecular weight excluding hydrogens is 278 g/mol. The second kappa shape index (κ2) is 8.76. The smallest absolute Gasteiger partial charge is 0.315 e. The van der Waals surface area contributed by atoms with Crippen LogP contribution in [-0.4, -0.2) is 42.3 Å². The van der Waals surface area contributed by atoms with Crippen LogP contribution in [0.25, 0.3) is 0 Å². The molecule has 1 aromatic rings. The van der Waals surface area contributed by atoms with E-state index in [0.717, 1.165) is 18.0 Å². The first-order valence-corrected chi connectivity index (χ1v) is 8.10. The number of benzene rings is 1. The van der Waals surface area contributed by atoms with Crippen LogP contribution in [0.15, 0.2) is 24.3 Å². The third-order valence-electron chi connectivity index (χ3n) is 4.12. The summed E-state index contributed by atoms with van der Waals surface area (Å²) in [6, 6.07) is 8.13. The predicted molar refractivity (Wildman–Crippen MR) is 87.4 cm³/mol. The van der Waals surface area contributed by atoms with Crippen molar-refractivity contribution in [1.29, 1.82) is 0 Å². The van der Waals surface area contributed by atoms with Crippen molar-refractivity contribution in [2.75, 3.05) is 26.2 Å². The van der Waals surface area contributed by atoms with E-state index >= 15 is 0 Å². The SMILES string of the molecule is CC1CCN(Cc2cccc(CNC(=O)NCCO)c2)CC1. The summed E-state index contributed by atoms with van der Waals surface area (Å²) in [7, 11) is 0. The van der Waals surface area contributed by atoms with Crippen LogP contribution in [0.5, 0.6) is 0 Å². The lowest BCUT2D eigenvalue weighted by Crippen LogP contribution is -2.36. The van der Waals surface area contributed by atoms with Gasteiger partial charge in [-0.3, -0.25) is 4.90 Å². The van der Waals surface area contributed by atoms with Gasteiger partial charge in [-0.15, -0.1) is 0 Å². The van der Waals surface area contributed by atoms with Gasteiger partial charge in [0.25, 0.3) is 0 Å². The van der Waals surface area contributed by atoms with Crippen LogP contribution in [0, 0.1) is 5.92 Å². The van der Waals surface area contributed by atoms with Crippen LogP contribution in [0.3, 0.4) is 0 Å². The van der Waals surface area contributed by atoms with Crippen molar-refractivity contribution < 1.29 is 9.90 Å². The number of carbonyl (C=O) groups is 1.